The molecule has 0 radical (unpaired) electrons. The van der Waals surface area contributed by atoms with Crippen LogP contribution in [0.25, 0.3) is 0 Å². The molecule has 1 aliphatic heterocycles. The summed E-state index contributed by atoms with van der Waals surface area (Å²) < 4.78 is 5.40. The summed E-state index contributed by atoms with van der Waals surface area (Å²) in [4.78, 5) is 22.7. The van der Waals surface area contributed by atoms with Crippen molar-refractivity contribution in [2.75, 3.05) is 7.11 Å². The highest BCUT2D eigenvalue weighted by Crippen LogP contribution is 2.40. The van der Waals surface area contributed by atoms with E-state index >= 15 is 0 Å². The lowest BCUT2D eigenvalue weighted by Gasteiger charge is -2.33. The zero-order chi connectivity index (χ0) is 16.4. The molecule has 6 heteroatoms. The van der Waals surface area contributed by atoms with Crippen molar-refractivity contribution in [1.82, 2.24) is 5.32 Å². The maximum absolute atomic E-state index is 11.7. The number of carbonyl (C=O) groups is 1. The number of nitrogens with one attached hydrogen (secondary N) is 1. The molecule has 2 rings (SSSR count). The summed E-state index contributed by atoms with van der Waals surface area (Å²) in [6, 6.07) is 0. The minimum atomic E-state index is -1.06. The van der Waals surface area contributed by atoms with E-state index in [4.69, 9.17) is 16.3 Å². The topological polar surface area (TPSA) is 75.6 Å². The van der Waals surface area contributed by atoms with E-state index < -0.39 is 17.3 Å². The van der Waals surface area contributed by atoms with Gasteiger partial charge < -0.3 is 15.2 Å². The van der Waals surface area contributed by atoms with E-state index in [1.54, 1.807) is 38.0 Å². The molecule has 116 valence electrons. The van der Waals surface area contributed by atoms with Gasteiger partial charge in [0.1, 0.15) is 11.7 Å². The molecule has 0 saturated heterocycles. The third kappa shape index (κ3) is 2.61. The first-order chi connectivity index (χ1) is 10.4. The molecule has 0 bridgehead atoms. The molecule has 0 spiro atoms. The van der Waals surface area contributed by atoms with Crippen molar-refractivity contribution in [2.45, 2.75) is 19.2 Å². The van der Waals surface area contributed by atoms with Crippen LogP contribution in [0.15, 0.2) is 52.1 Å². The van der Waals surface area contributed by atoms with Crippen LogP contribution in [0.1, 0.15) is 13.8 Å². The van der Waals surface area contributed by atoms with E-state index in [2.05, 4.69) is 5.32 Å². The van der Waals surface area contributed by atoms with E-state index in [1.807, 2.05) is 0 Å². The standard InChI is InChI=1S/C16H16ClNO4/c1-8-12(16(20)21)13(15(22-3)9(2)18-8)11-6-4-5-10(7-19)14(11)17/h4-6,13-14,18H,1-3H3,(H,20,21). The number of aliphatic carboxylic acids is 1. The van der Waals surface area contributed by atoms with Gasteiger partial charge in [-0.25, -0.2) is 9.59 Å². The van der Waals surface area contributed by atoms with Gasteiger partial charge in [-0.3, -0.25) is 0 Å². The lowest BCUT2D eigenvalue weighted by molar-refractivity contribution is -0.133. The highest BCUT2D eigenvalue weighted by molar-refractivity contribution is 6.25. The SMILES string of the molecule is COC1=C(C)NC(C)=C(C(=O)O)C1C1=CC=CC(=C=O)C1Cl. The Morgan fingerprint density at radius 3 is 2.64 bits per heavy atom. The molecule has 1 heterocycles. The Labute approximate surface area is 133 Å². The number of hydrogen-bond donors (Lipinski definition) is 2. The minimum absolute atomic E-state index is 0.153. The molecule has 2 atom stereocenters. The fraction of sp³-hybridized carbons (Fsp3) is 0.312. The Morgan fingerprint density at radius 1 is 1.41 bits per heavy atom. The second-order valence-electron chi connectivity index (χ2n) is 5.04. The summed E-state index contributed by atoms with van der Waals surface area (Å²) in [5.74, 6) is 0.551. The first-order valence-electron chi connectivity index (χ1n) is 6.65. The fourth-order valence-corrected chi connectivity index (χ4v) is 3.10. The first-order valence-corrected chi connectivity index (χ1v) is 7.09. The number of rotatable bonds is 3. The summed E-state index contributed by atoms with van der Waals surface area (Å²) in [6.45, 7) is 3.48. The number of carbonyl (C=O) groups excluding carboxylic acids is 1. The van der Waals surface area contributed by atoms with Crippen LogP contribution in [0.4, 0.5) is 0 Å². The van der Waals surface area contributed by atoms with E-state index in [-0.39, 0.29) is 11.1 Å². The molecule has 0 aromatic carbocycles. The number of methoxy groups -OCH3 is 1. The monoisotopic (exact) mass is 321 g/mol. The number of halogens is 1. The van der Waals surface area contributed by atoms with Crippen molar-refractivity contribution in [2.24, 2.45) is 5.92 Å². The zero-order valence-electron chi connectivity index (χ0n) is 12.4. The Morgan fingerprint density at radius 2 is 2.09 bits per heavy atom. The Balaban J connectivity index is 2.63. The third-order valence-corrected chi connectivity index (χ3v) is 4.22. The highest BCUT2D eigenvalue weighted by Gasteiger charge is 2.38. The Kier molecular flexibility index (Phi) is 4.59. The van der Waals surface area contributed by atoms with Gasteiger partial charge in [0.15, 0.2) is 0 Å². The van der Waals surface area contributed by atoms with Crippen molar-refractivity contribution in [3.8, 4) is 0 Å². The summed E-state index contributed by atoms with van der Waals surface area (Å²) in [5, 5.41) is 11.8. The third-order valence-electron chi connectivity index (χ3n) is 3.73. The Bertz CT molecular complexity index is 693. The molecule has 0 aromatic heterocycles. The van der Waals surface area contributed by atoms with Gasteiger partial charge in [-0.1, -0.05) is 12.2 Å². The largest absolute Gasteiger partial charge is 0.498 e. The fourth-order valence-electron chi connectivity index (χ4n) is 2.79. The van der Waals surface area contributed by atoms with Crippen molar-refractivity contribution in [1.29, 1.82) is 0 Å². The van der Waals surface area contributed by atoms with Gasteiger partial charge >= 0.3 is 5.97 Å². The summed E-state index contributed by atoms with van der Waals surface area (Å²) in [7, 11) is 1.48. The number of alkyl halides is 1. The normalized spacial score (nSPS) is 24.7. The number of ether oxygens (including phenoxy) is 1. The second-order valence-corrected chi connectivity index (χ2v) is 5.48. The summed E-state index contributed by atoms with van der Waals surface area (Å²) in [6.07, 6.45) is 4.94. The quantitative estimate of drug-likeness (QED) is 0.616. The molecule has 0 amide bonds. The molecule has 1 aliphatic carbocycles. The van der Waals surface area contributed by atoms with E-state index in [0.29, 0.717) is 22.7 Å². The van der Waals surface area contributed by atoms with E-state index in [9.17, 15) is 14.7 Å². The number of carboxylic acid groups (broad SMARTS) is 1. The van der Waals surface area contributed by atoms with Crippen molar-refractivity contribution >= 4 is 23.5 Å². The molecular weight excluding hydrogens is 306 g/mol. The van der Waals surface area contributed by atoms with Gasteiger partial charge in [0.05, 0.1) is 35.2 Å². The second kappa shape index (κ2) is 6.26. The van der Waals surface area contributed by atoms with Gasteiger partial charge in [-0.2, -0.15) is 0 Å². The van der Waals surface area contributed by atoms with Crippen LogP contribution in [0.2, 0.25) is 0 Å². The molecule has 0 fully saturated rings. The zero-order valence-corrected chi connectivity index (χ0v) is 13.2. The van der Waals surface area contributed by atoms with Crippen molar-refractivity contribution in [3.63, 3.8) is 0 Å². The number of hydrogen-bond acceptors (Lipinski definition) is 4. The maximum Gasteiger partial charge on any atom is 0.334 e. The highest BCUT2D eigenvalue weighted by atomic mass is 35.5. The van der Waals surface area contributed by atoms with Crippen LogP contribution in [-0.2, 0) is 14.3 Å². The van der Waals surface area contributed by atoms with Gasteiger partial charge in [-0.15, -0.1) is 11.6 Å². The van der Waals surface area contributed by atoms with E-state index in [0.717, 1.165) is 0 Å². The molecule has 2 N–H and O–H groups in total. The van der Waals surface area contributed by atoms with Gasteiger partial charge in [-0.05, 0) is 25.5 Å². The number of allylic oxidation sites excluding steroid dienone is 7. The first kappa shape index (κ1) is 16.1. The van der Waals surface area contributed by atoms with Crippen LogP contribution >= 0.6 is 11.6 Å². The lowest BCUT2D eigenvalue weighted by Crippen LogP contribution is -2.33. The molecule has 5 nitrogen and oxygen atoms in total. The lowest BCUT2D eigenvalue weighted by atomic mass is 9.80. The van der Waals surface area contributed by atoms with Crippen LogP contribution in [0.3, 0.4) is 0 Å². The molecule has 2 unspecified atom stereocenters. The van der Waals surface area contributed by atoms with Crippen LogP contribution in [-0.4, -0.2) is 29.5 Å². The molecule has 2 aliphatic rings. The predicted octanol–water partition coefficient (Wildman–Crippen LogP) is 2.30. The Hall–Kier alpha value is -2.23. The molecule has 0 aromatic rings. The minimum Gasteiger partial charge on any atom is -0.498 e. The maximum atomic E-state index is 11.7. The number of dihydropyridines is 1. The van der Waals surface area contributed by atoms with Crippen molar-refractivity contribution < 1.29 is 19.4 Å². The van der Waals surface area contributed by atoms with Gasteiger partial charge in [0, 0.05) is 5.70 Å². The van der Waals surface area contributed by atoms with Crippen LogP contribution < -0.4 is 5.32 Å². The van der Waals surface area contributed by atoms with Crippen LogP contribution in [0.5, 0.6) is 0 Å². The van der Waals surface area contributed by atoms with Crippen molar-refractivity contribution in [3.05, 3.63) is 52.1 Å². The van der Waals surface area contributed by atoms with E-state index in [1.165, 1.54) is 7.11 Å². The summed E-state index contributed by atoms with van der Waals surface area (Å²) >= 11 is 6.34. The van der Waals surface area contributed by atoms with Gasteiger partial charge in [0.25, 0.3) is 0 Å². The summed E-state index contributed by atoms with van der Waals surface area (Å²) in [5.41, 5.74) is 2.24. The average Bonchev–Trinajstić information content (AvgIpc) is 2.46. The molecular formula is C16H16ClNO4. The van der Waals surface area contributed by atoms with Gasteiger partial charge in [0.2, 0.25) is 0 Å². The smallest absolute Gasteiger partial charge is 0.334 e. The average molecular weight is 322 g/mol. The molecule has 22 heavy (non-hydrogen) atoms. The van der Waals surface area contributed by atoms with Crippen LogP contribution in [0, 0.1) is 5.92 Å². The predicted molar refractivity (Wildman–Crippen MR) is 82.7 cm³/mol. The number of carboxylic acids is 1. The molecule has 0 saturated carbocycles.